The molecule has 0 saturated heterocycles. The van der Waals surface area contributed by atoms with Crippen LogP contribution in [0.4, 0.5) is 5.69 Å². The van der Waals surface area contributed by atoms with E-state index in [1.165, 1.54) is 0 Å². The van der Waals surface area contributed by atoms with E-state index in [1.807, 2.05) is 0 Å². The molecule has 1 rings (SSSR count). The van der Waals surface area contributed by atoms with Crippen LogP contribution in [0.1, 0.15) is 0 Å². The molecule has 1 aromatic rings. The largest absolute Gasteiger partial charge is 0.394 e. The van der Waals surface area contributed by atoms with Gasteiger partial charge in [-0.3, -0.25) is 5.43 Å². The smallest absolute Gasteiger partial charge is 0.119 e. The van der Waals surface area contributed by atoms with E-state index in [0.717, 1.165) is 6.21 Å². The molecule has 0 aliphatic carbocycles. The predicted molar refractivity (Wildman–Crippen MR) is 81.7 cm³/mol. The molecule has 130 valence electrons. The number of hydrogen-bond acceptors (Lipinski definition) is 9. The molecule has 9 heteroatoms. The molecule has 0 bridgehead atoms. The molecule has 0 amide bonds. The first-order valence-corrected chi connectivity index (χ1v) is 6.92. The highest BCUT2D eigenvalue weighted by molar-refractivity contribution is 5.65. The van der Waals surface area contributed by atoms with Crippen LogP contribution in [0.2, 0.25) is 0 Å². The lowest BCUT2D eigenvalue weighted by molar-refractivity contribution is -0.150. The van der Waals surface area contributed by atoms with Crippen molar-refractivity contribution in [3.8, 4) is 0 Å². The van der Waals surface area contributed by atoms with Crippen molar-refractivity contribution in [3.63, 3.8) is 0 Å². The van der Waals surface area contributed by atoms with Crippen LogP contribution in [-0.2, 0) is 0 Å². The molecular weight excluding hydrogens is 308 g/mol. The van der Waals surface area contributed by atoms with Gasteiger partial charge in [0.15, 0.2) is 0 Å². The van der Waals surface area contributed by atoms with Crippen LogP contribution in [0.3, 0.4) is 0 Å². The summed E-state index contributed by atoms with van der Waals surface area (Å²) in [5.41, 5.74) is 3.21. The number of para-hydroxylation sites is 1. The van der Waals surface area contributed by atoms with Gasteiger partial charge in [0.1, 0.15) is 36.6 Å². The maximum absolute atomic E-state index is 9.72. The van der Waals surface area contributed by atoms with Crippen LogP contribution in [-0.4, -0.2) is 85.2 Å². The molecule has 1 aromatic carbocycles. The lowest BCUT2D eigenvalue weighted by Crippen LogP contribution is -2.53. The highest BCUT2D eigenvalue weighted by Crippen LogP contribution is 2.11. The van der Waals surface area contributed by atoms with Crippen molar-refractivity contribution < 1.29 is 35.7 Å². The molecule has 0 fully saturated rings. The molecule has 8 N–H and O–H groups in total. The number of anilines is 1. The van der Waals surface area contributed by atoms with Gasteiger partial charge < -0.3 is 35.7 Å². The number of hydrazone groups is 1. The number of nitrogens with one attached hydrogen (secondary N) is 1. The van der Waals surface area contributed by atoms with Gasteiger partial charge in [-0.2, -0.15) is 5.10 Å². The molecule has 0 spiro atoms. The Kier molecular flexibility index (Phi) is 8.06. The summed E-state index contributed by atoms with van der Waals surface area (Å²) in [6.45, 7) is -0.841. The second-order valence-corrected chi connectivity index (χ2v) is 4.96. The Morgan fingerprint density at radius 1 is 0.870 bits per heavy atom. The van der Waals surface area contributed by atoms with Crippen LogP contribution in [0, 0.1) is 0 Å². The molecular formula is C14H22N2O7. The number of hydrogen-bond donors (Lipinski definition) is 8. The number of aliphatic hydroxyl groups is 7. The van der Waals surface area contributed by atoms with Crippen LogP contribution in [0.25, 0.3) is 0 Å². The van der Waals surface area contributed by atoms with E-state index in [0.29, 0.717) is 5.69 Å². The molecule has 6 atom stereocenters. The van der Waals surface area contributed by atoms with Crippen molar-refractivity contribution in [2.45, 2.75) is 36.6 Å². The first-order chi connectivity index (χ1) is 10.9. The third-order valence-electron chi connectivity index (χ3n) is 3.18. The van der Waals surface area contributed by atoms with E-state index in [4.69, 9.17) is 5.11 Å². The van der Waals surface area contributed by atoms with Crippen molar-refractivity contribution in [1.29, 1.82) is 0 Å². The van der Waals surface area contributed by atoms with Crippen molar-refractivity contribution in [2.75, 3.05) is 12.0 Å². The Balaban J connectivity index is 2.55. The first-order valence-electron chi connectivity index (χ1n) is 6.92. The normalized spacial score (nSPS) is 19.8. The molecule has 0 aliphatic rings. The fraction of sp³-hybridized carbons (Fsp3) is 0.500. The van der Waals surface area contributed by atoms with E-state index >= 15 is 0 Å². The summed E-state index contributed by atoms with van der Waals surface area (Å²) >= 11 is 0. The van der Waals surface area contributed by atoms with E-state index in [1.54, 1.807) is 30.3 Å². The maximum Gasteiger partial charge on any atom is 0.119 e. The van der Waals surface area contributed by atoms with E-state index < -0.39 is 43.2 Å². The Bertz CT molecular complexity index is 473. The first kappa shape index (κ1) is 19.5. The standard InChI is InChI=1S/C14H22N2O7/c17-7-10(19)12(21)14(23)13(22)11(20)9(18)6-15-16-8-4-2-1-3-5-8/h1-6,9-14,16-23H,7H2/b15-6-/t9-,10+,11+,12+,13-,14+/m0/s1. The van der Waals surface area contributed by atoms with Gasteiger partial charge in [-0.1, -0.05) is 18.2 Å². The van der Waals surface area contributed by atoms with Gasteiger partial charge in [-0.15, -0.1) is 0 Å². The lowest BCUT2D eigenvalue weighted by atomic mass is 9.97. The van der Waals surface area contributed by atoms with Gasteiger partial charge >= 0.3 is 0 Å². The Morgan fingerprint density at radius 3 is 2.00 bits per heavy atom. The summed E-state index contributed by atoms with van der Waals surface area (Å²) in [4.78, 5) is 0. The summed E-state index contributed by atoms with van der Waals surface area (Å²) in [7, 11) is 0. The van der Waals surface area contributed by atoms with Gasteiger partial charge in [-0.25, -0.2) is 0 Å². The quantitative estimate of drug-likeness (QED) is 0.178. The Labute approximate surface area is 132 Å². The minimum absolute atomic E-state index is 0.632. The predicted octanol–water partition coefficient (Wildman–Crippen LogP) is -2.76. The fourth-order valence-electron chi connectivity index (χ4n) is 1.73. The van der Waals surface area contributed by atoms with Crippen molar-refractivity contribution in [2.24, 2.45) is 5.10 Å². The molecule has 0 saturated carbocycles. The fourth-order valence-corrected chi connectivity index (χ4v) is 1.73. The third kappa shape index (κ3) is 5.84. The van der Waals surface area contributed by atoms with Crippen molar-refractivity contribution in [1.82, 2.24) is 0 Å². The number of benzene rings is 1. The monoisotopic (exact) mass is 330 g/mol. The average molecular weight is 330 g/mol. The molecule has 9 nitrogen and oxygen atoms in total. The summed E-state index contributed by atoms with van der Waals surface area (Å²) in [6, 6.07) is 8.75. The number of rotatable bonds is 9. The summed E-state index contributed by atoms with van der Waals surface area (Å²) in [5.74, 6) is 0. The second kappa shape index (κ2) is 9.53. The zero-order chi connectivity index (χ0) is 17.4. The molecule has 0 heterocycles. The van der Waals surface area contributed by atoms with Gasteiger partial charge in [0.2, 0.25) is 0 Å². The summed E-state index contributed by atoms with van der Waals surface area (Å²) in [5, 5.41) is 69.7. The topological polar surface area (TPSA) is 166 Å². The van der Waals surface area contributed by atoms with E-state index in [9.17, 15) is 30.6 Å². The van der Waals surface area contributed by atoms with Crippen LogP contribution in [0.5, 0.6) is 0 Å². The summed E-state index contributed by atoms with van der Waals surface area (Å²) in [6.07, 6.45) is -10.1. The number of nitrogens with zero attached hydrogens (tertiary/aromatic N) is 1. The third-order valence-corrected chi connectivity index (χ3v) is 3.18. The zero-order valence-corrected chi connectivity index (χ0v) is 12.2. The Hall–Kier alpha value is -1.59. The van der Waals surface area contributed by atoms with Crippen LogP contribution >= 0.6 is 0 Å². The van der Waals surface area contributed by atoms with Crippen molar-refractivity contribution >= 4 is 11.9 Å². The van der Waals surface area contributed by atoms with Crippen LogP contribution in [0.15, 0.2) is 35.4 Å². The highest BCUT2D eigenvalue weighted by Gasteiger charge is 2.36. The molecule has 0 aromatic heterocycles. The molecule has 0 radical (unpaired) electrons. The van der Waals surface area contributed by atoms with Crippen LogP contribution < -0.4 is 5.43 Å². The van der Waals surface area contributed by atoms with E-state index in [2.05, 4.69) is 10.5 Å². The average Bonchev–Trinajstić information content (AvgIpc) is 2.59. The molecule has 0 unspecified atom stereocenters. The number of aliphatic hydroxyl groups excluding tert-OH is 7. The minimum atomic E-state index is -1.97. The maximum atomic E-state index is 9.72. The van der Waals surface area contributed by atoms with Gasteiger partial charge in [-0.05, 0) is 12.1 Å². The molecule has 23 heavy (non-hydrogen) atoms. The highest BCUT2D eigenvalue weighted by atomic mass is 16.4. The van der Waals surface area contributed by atoms with Crippen molar-refractivity contribution in [3.05, 3.63) is 30.3 Å². The van der Waals surface area contributed by atoms with Gasteiger partial charge in [0.05, 0.1) is 18.5 Å². The minimum Gasteiger partial charge on any atom is -0.394 e. The molecule has 0 aliphatic heterocycles. The summed E-state index contributed by atoms with van der Waals surface area (Å²) < 4.78 is 0. The second-order valence-electron chi connectivity index (χ2n) is 4.96. The van der Waals surface area contributed by atoms with E-state index in [-0.39, 0.29) is 0 Å². The zero-order valence-electron chi connectivity index (χ0n) is 12.2. The lowest BCUT2D eigenvalue weighted by Gasteiger charge is -2.29. The SMILES string of the molecule is OC[C@@H](O)[C@@H](O)[C@@H](O)[C@@H](O)[C@H](O)[C@@H](O)/C=N\Nc1ccccc1. The Morgan fingerprint density at radius 2 is 1.43 bits per heavy atom. The van der Waals surface area contributed by atoms with Gasteiger partial charge in [0, 0.05) is 0 Å². The van der Waals surface area contributed by atoms with Gasteiger partial charge in [0.25, 0.3) is 0 Å².